The Morgan fingerprint density at radius 1 is 1.22 bits per heavy atom. The molecular formula is C11H14F2N2O2S. The topological polar surface area (TPSA) is 58.2 Å². The first kappa shape index (κ1) is 13.4. The van der Waals surface area contributed by atoms with Crippen molar-refractivity contribution in [1.29, 1.82) is 0 Å². The predicted molar refractivity (Wildman–Crippen MR) is 62.6 cm³/mol. The fourth-order valence-corrected chi connectivity index (χ4v) is 3.24. The van der Waals surface area contributed by atoms with E-state index >= 15 is 0 Å². The van der Waals surface area contributed by atoms with Crippen molar-refractivity contribution in [3.05, 3.63) is 29.8 Å². The Kier molecular flexibility index (Phi) is 3.94. The number of nitrogens with one attached hydrogen (secondary N) is 2. The number of rotatable bonds is 3. The summed E-state index contributed by atoms with van der Waals surface area (Å²) in [4.78, 5) is -0.384. The van der Waals surface area contributed by atoms with E-state index in [0.29, 0.717) is 19.0 Å². The molecule has 0 amide bonds. The van der Waals surface area contributed by atoms with Crippen LogP contribution < -0.4 is 10.0 Å². The maximum atomic E-state index is 13.0. The summed E-state index contributed by atoms with van der Waals surface area (Å²) in [5.41, 5.74) is 0. The highest BCUT2D eigenvalue weighted by Crippen LogP contribution is 2.15. The second-order valence-corrected chi connectivity index (χ2v) is 5.98. The molecule has 1 aliphatic rings. The van der Waals surface area contributed by atoms with Gasteiger partial charge < -0.3 is 5.32 Å². The monoisotopic (exact) mass is 276 g/mol. The molecule has 0 saturated carbocycles. The minimum Gasteiger partial charge on any atom is -0.315 e. The lowest BCUT2D eigenvalue weighted by molar-refractivity contribution is 0.428. The van der Waals surface area contributed by atoms with Gasteiger partial charge in [0.2, 0.25) is 10.0 Å². The molecule has 2 N–H and O–H groups in total. The first-order valence-corrected chi connectivity index (χ1v) is 7.15. The first-order valence-electron chi connectivity index (χ1n) is 5.66. The normalized spacial score (nSPS) is 20.9. The van der Waals surface area contributed by atoms with Crippen molar-refractivity contribution in [3.8, 4) is 0 Å². The van der Waals surface area contributed by atoms with Crippen molar-refractivity contribution in [2.24, 2.45) is 0 Å². The molecule has 1 aliphatic heterocycles. The average Bonchev–Trinajstić information content (AvgIpc) is 2.28. The number of hydrogen-bond donors (Lipinski definition) is 2. The van der Waals surface area contributed by atoms with Gasteiger partial charge in [0.25, 0.3) is 0 Å². The van der Waals surface area contributed by atoms with E-state index in [4.69, 9.17) is 0 Å². The zero-order chi connectivity index (χ0) is 13.2. The molecule has 1 aromatic carbocycles. The minimum atomic E-state index is -3.87. The molecule has 0 radical (unpaired) electrons. The van der Waals surface area contributed by atoms with Crippen LogP contribution in [0.15, 0.2) is 23.1 Å². The summed E-state index contributed by atoms with van der Waals surface area (Å²) < 4.78 is 52.3. The molecule has 0 aromatic heterocycles. The number of sulfonamides is 1. The van der Waals surface area contributed by atoms with Crippen molar-refractivity contribution < 1.29 is 17.2 Å². The Bertz CT molecular complexity index is 508. The lowest BCUT2D eigenvalue weighted by Gasteiger charge is -2.23. The van der Waals surface area contributed by atoms with Gasteiger partial charge in [-0.3, -0.25) is 0 Å². The van der Waals surface area contributed by atoms with E-state index in [1.165, 1.54) is 0 Å². The van der Waals surface area contributed by atoms with Gasteiger partial charge in [-0.15, -0.1) is 0 Å². The maximum Gasteiger partial charge on any atom is 0.241 e. The molecular weight excluding hydrogens is 262 g/mol. The molecule has 1 heterocycles. The van der Waals surface area contributed by atoms with Gasteiger partial charge in [-0.2, -0.15) is 0 Å². The van der Waals surface area contributed by atoms with Gasteiger partial charge in [-0.1, -0.05) is 0 Å². The standard InChI is InChI=1S/C11H14F2N2O2S/c12-8-4-9(13)6-11(5-8)18(16,17)15-10-2-1-3-14-7-10/h4-6,10,14-15H,1-3,7H2. The summed E-state index contributed by atoms with van der Waals surface area (Å²) in [6, 6.07) is 2.01. The van der Waals surface area contributed by atoms with E-state index in [1.54, 1.807) is 0 Å². The number of hydrogen-bond acceptors (Lipinski definition) is 3. The molecule has 7 heteroatoms. The Labute approximate surface area is 104 Å². The third kappa shape index (κ3) is 3.24. The van der Waals surface area contributed by atoms with Crippen LogP contribution in [-0.4, -0.2) is 27.5 Å². The molecule has 4 nitrogen and oxygen atoms in total. The molecule has 0 bridgehead atoms. The highest BCUT2D eigenvalue weighted by Gasteiger charge is 2.22. The van der Waals surface area contributed by atoms with Crippen LogP contribution >= 0.6 is 0 Å². The molecule has 0 aliphatic carbocycles. The predicted octanol–water partition coefficient (Wildman–Crippen LogP) is 0.995. The largest absolute Gasteiger partial charge is 0.315 e. The third-order valence-corrected chi connectivity index (χ3v) is 4.27. The van der Waals surface area contributed by atoms with Gasteiger partial charge in [-0.05, 0) is 31.5 Å². The van der Waals surface area contributed by atoms with Crippen molar-refractivity contribution >= 4 is 10.0 Å². The van der Waals surface area contributed by atoms with Crippen LogP contribution in [0.5, 0.6) is 0 Å². The summed E-state index contributed by atoms with van der Waals surface area (Å²) in [5.74, 6) is -1.81. The zero-order valence-corrected chi connectivity index (χ0v) is 10.4. The fraction of sp³-hybridized carbons (Fsp3) is 0.455. The molecule has 1 saturated heterocycles. The van der Waals surface area contributed by atoms with Gasteiger partial charge in [0.05, 0.1) is 4.90 Å². The smallest absolute Gasteiger partial charge is 0.241 e. The second-order valence-electron chi connectivity index (χ2n) is 4.27. The Hall–Kier alpha value is -1.05. The van der Waals surface area contributed by atoms with Crippen LogP contribution in [0.3, 0.4) is 0 Å². The van der Waals surface area contributed by atoms with Crippen LogP contribution in [0, 0.1) is 11.6 Å². The molecule has 1 unspecified atom stereocenters. The Morgan fingerprint density at radius 2 is 1.89 bits per heavy atom. The van der Waals surface area contributed by atoms with Crippen LogP contribution in [0.25, 0.3) is 0 Å². The highest BCUT2D eigenvalue weighted by molar-refractivity contribution is 7.89. The lowest BCUT2D eigenvalue weighted by atomic mass is 10.1. The number of benzene rings is 1. The molecule has 0 spiro atoms. The van der Waals surface area contributed by atoms with E-state index in [0.717, 1.165) is 25.1 Å². The van der Waals surface area contributed by atoms with Gasteiger partial charge in [0.1, 0.15) is 11.6 Å². The SMILES string of the molecule is O=S(=O)(NC1CCCNC1)c1cc(F)cc(F)c1. The van der Waals surface area contributed by atoms with Gasteiger partial charge >= 0.3 is 0 Å². The lowest BCUT2D eigenvalue weighted by Crippen LogP contribution is -2.45. The number of halogens is 2. The van der Waals surface area contributed by atoms with Gasteiger partial charge in [0, 0.05) is 18.7 Å². The summed E-state index contributed by atoms with van der Waals surface area (Å²) in [7, 11) is -3.87. The summed E-state index contributed by atoms with van der Waals surface area (Å²) in [6.45, 7) is 1.38. The molecule has 1 atom stereocenters. The molecule has 2 rings (SSSR count). The molecule has 1 fully saturated rings. The van der Waals surface area contributed by atoms with Crippen LogP contribution in [0.1, 0.15) is 12.8 Å². The third-order valence-electron chi connectivity index (χ3n) is 2.77. The van der Waals surface area contributed by atoms with Gasteiger partial charge in [-0.25, -0.2) is 21.9 Å². The minimum absolute atomic E-state index is 0.241. The van der Waals surface area contributed by atoms with E-state index in [-0.39, 0.29) is 10.9 Å². The van der Waals surface area contributed by atoms with Crippen LogP contribution in [0.4, 0.5) is 8.78 Å². The quantitative estimate of drug-likeness (QED) is 0.866. The molecule has 1 aromatic rings. The van der Waals surface area contributed by atoms with Crippen molar-refractivity contribution in [2.45, 2.75) is 23.8 Å². The Morgan fingerprint density at radius 3 is 2.44 bits per heavy atom. The van der Waals surface area contributed by atoms with E-state index in [2.05, 4.69) is 10.0 Å². The van der Waals surface area contributed by atoms with Crippen LogP contribution in [0.2, 0.25) is 0 Å². The van der Waals surface area contributed by atoms with Gasteiger partial charge in [0.15, 0.2) is 0 Å². The van der Waals surface area contributed by atoms with E-state index in [9.17, 15) is 17.2 Å². The molecule has 100 valence electrons. The second kappa shape index (κ2) is 5.29. The van der Waals surface area contributed by atoms with Crippen molar-refractivity contribution in [3.63, 3.8) is 0 Å². The maximum absolute atomic E-state index is 13.0. The first-order chi connectivity index (χ1) is 8.47. The Balaban J connectivity index is 2.19. The average molecular weight is 276 g/mol. The van der Waals surface area contributed by atoms with Crippen LogP contribution in [-0.2, 0) is 10.0 Å². The van der Waals surface area contributed by atoms with Crippen molar-refractivity contribution in [1.82, 2.24) is 10.0 Å². The summed E-state index contributed by atoms with van der Waals surface area (Å²) in [6.07, 6.45) is 1.58. The highest BCUT2D eigenvalue weighted by atomic mass is 32.2. The summed E-state index contributed by atoms with van der Waals surface area (Å²) in [5, 5.41) is 3.06. The zero-order valence-electron chi connectivity index (χ0n) is 9.62. The number of piperidine rings is 1. The fourth-order valence-electron chi connectivity index (χ4n) is 1.92. The van der Waals surface area contributed by atoms with Crippen molar-refractivity contribution in [2.75, 3.05) is 13.1 Å². The van der Waals surface area contributed by atoms with E-state index in [1.807, 2.05) is 0 Å². The molecule has 18 heavy (non-hydrogen) atoms. The summed E-state index contributed by atoms with van der Waals surface area (Å²) >= 11 is 0. The van der Waals surface area contributed by atoms with E-state index < -0.39 is 21.7 Å².